The molecule has 1 heterocycles. The Hall–Kier alpha value is -2.94. The predicted molar refractivity (Wildman–Crippen MR) is 111 cm³/mol. The number of carboxylic acid groups (broad SMARTS) is 1. The van der Waals surface area contributed by atoms with Gasteiger partial charge in [0.1, 0.15) is 11.5 Å². The van der Waals surface area contributed by atoms with Gasteiger partial charge < -0.3 is 9.84 Å². The van der Waals surface area contributed by atoms with Crippen LogP contribution in [0.4, 0.5) is 22.0 Å². The molecule has 0 radical (unpaired) electrons. The van der Waals surface area contributed by atoms with Crippen molar-refractivity contribution in [3.8, 4) is 16.9 Å². The fourth-order valence-corrected chi connectivity index (χ4v) is 4.06. The average Bonchev–Trinajstić information content (AvgIpc) is 3.19. The van der Waals surface area contributed by atoms with E-state index >= 15 is 0 Å². The Morgan fingerprint density at radius 1 is 1.06 bits per heavy atom. The van der Waals surface area contributed by atoms with Gasteiger partial charge in [0.2, 0.25) is 5.82 Å². The number of halogens is 5. The van der Waals surface area contributed by atoms with E-state index in [4.69, 9.17) is 9.84 Å². The first-order chi connectivity index (χ1) is 15.1. The van der Waals surface area contributed by atoms with Crippen LogP contribution in [0.3, 0.4) is 0 Å². The molecule has 2 aromatic carbocycles. The molecular formula is C23H19F5O3S. The molecule has 0 spiro atoms. The largest absolute Gasteiger partial charge is 0.485 e. The number of hydrogen-bond donors (Lipinski definition) is 1. The molecule has 0 saturated carbocycles. The molecule has 9 heteroatoms. The third-order valence-corrected chi connectivity index (χ3v) is 6.01. The summed E-state index contributed by atoms with van der Waals surface area (Å²) in [5.41, 5.74) is 1.77. The first kappa shape index (κ1) is 23.7. The Morgan fingerprint density at radius 2 is 1.75 bits per heavy atom. The molecule has 0 bridgehead atoms. The van der Waals surface area contributed by atoms with Crippen LogP contribution in [0.5, 0.6) is 5.75 Å². The lowest BCUT2D eigenvalue weighted by Crippen LogP contribution is -2.04. The molecule has 0 aliphatic carbocycles. The molecular weight excluding hydrogens is 451 g/mol. The van der Waals surface area contributed by atoms with Crippen LogP contribution >= 0.6 is 11.3 Å². The highest BCUT2D eigenvalue weighted by Gasteiger charge is 2.34. The molecule has 3 aromatic rings. The summed E-state index contributed by atoms with van der Waals surface area (Å²) in [7, 11) is 0. The highest BCUT2D eigenvalue weighted by molar-refractivity contribution is 7.12. The van der Waals surface area contributed by atoms with Gasteiger partial charge in [-0.1, -0.05) is 37.3 Å². The standard InChI is InChI=1S/C23H19F5O3S/c1-2-13-3-5-14(6-4-13)16-11-19(23(26,27)28)32-18(16)12-31-17-9-7-15(8-10-20(29)30)21(24)22(17)25/h3-7,9,11H,2,8,10,12H2,1H3,(H,29,30). The van der Waals surface area contributed by atoms with Crippen molar-refractivity contribution in [3.05, 3.63) is 75.0 Å². The molecule has 0 unspecified atom stereocenters. The smallest absolute Gasteiger partial charge is 0.425 e. The summed E-state index contributed by atoms with van der Waals surface area (Å²) in [5.74, 6) is -4.16. The number of aryl methyl sites for hydroxylation is 2. The van der Waals surface area contributed by atoms with Crippen molar-refractivity contribution in [1.82, 2.24) is 0 Å². The summed E-state index contributed by atoms with van der Waals surface area (Å²) in [6.45, 7) is 1.57. The van der Waals surface area contributed by atoms with Crippen molar-refractivity contribution in [1.29, 1.82) is 0 Å². The minimum Gasteiger partial charge on any atom is -0.485 e. The first-order valence-electron chi connectivity index (χ1n) is 9.70. The lowest BCUT2D eigenvalue weighted by molar-refractivity contribution is -0.137. The number of carboxylic acids is 1. The Bertz CT molecular complexity index is 1100. The fraction of sp³-hybridized carbons (Fsp3) is 0.261. The molecule has 3 rings (SSSR count). The van der Waals surface area contributed by atoms with Gasteiger partial charge in [0.15, 0.2) is 11.6 Å². The van der Waals surface area contributed by atoms with Gasteiger partial charge in [-0.2, -0.15) is 17.6 Å². The molecule has 1 N–H and O–H groups in total. The van der Waals surface area contributed by atoms with E-state index in [0.717, 1.165) is 24.1 Å². The van der Waals surface area contributed by atoms with Crippen LogP contribution in [0.1, 0.15) is 34.2 Å². The second-order valence-corrected chi connectivity index (χ2v) is 8.17. The second kappa shape index (κ2) is 9.68. The molecule has 0 amide bonds. The molecule has 0 fully saturated rings. The van der Waals surface area contributed by atoms with Crippen LogP contribution in [0.2, 0.25) is 0 Å². The summed E-state index contributed by atoms with van der Waals surface area (Å²) in [5, 5.41) is 8.69. The molecule has 0 atom stereocenters. The van der Waals surface area contributed by atoms with Gasteiger partial charge in [0, 0.05) is 6.42 Å². The van der Waals surface area contributed by atoms with E-state index < -0.39 is 41.0 Å². The minimum absolute atomic E-state index is 0.121. The van der Waals surface area contributed by atoms with Crippen LogP contribution in [0.25, 0.3) is 11.1 Å². The van der Waals surface area contributed by atoms with Gasteiger partial charge in [-0.25, -0.2) is 4.39 Å². The highest BCUT2D eigenvalue weighted by atomic mass is 32.1. The SMILES string of the molecule is CCc1ccc(-c2cc(C(F)(F)F)sc2COc2ccc(CCC(=O)O)c(F)c2F)cc1. The number of ether oxygens (including phenoxy) is 1. The van der Waals surface area contributed by atoms with Crippen molar-refractivity contribution in [2.45, 2.75) is 39.0 Å². The van der Waals surface area contributed by atoms with E-state index in [9.17, 15) is 26.7 Å². The number of benzene rings is 2. The zero-order chi connectivity index (χ0) is 23.5. The van der Waals surface area contributed by atoms with Gasteiger partial charge in [0.05, 0.1) is 4.88 Å². The van der Waals surface area contributed by atoms with E-state index in [-0.39, 0.29) is 23.3 Å². The maximum atomic E-state index is 14.4. The van der Waals surface area contributed by atoms with Crippen LogP contribution in [0.15, 0.2) is 42.5 Å². The van der Waals surface area contributed by atoms with Crippen molar-refractivity contribution in [3.63, 3.8) is 0 Å². The van der Waals surface area contributed by atoms with Gasteiger partial charge in [-0.05, 0) is 47.2 Å². The molecule has 32 heavy (non-hydrogen) atoms. The van der Waals surface area contributed by atoms with Crippen LogP contribution in [0, 0.1) is 11.6 Å². The van der Waals surface area contributed by atoms with E-state index in [2.05, 4.69) is 0 Å². The van der Waals surface area contributed by atoms with Crippen LogP contribution in [-0.2, 0) is 30.4 Å². The van der Waals surface area contributed by atoms with E-state index in [1.807, 2.05) is 19.1 Å². The third kappa shape index (κ3) is 5.45. The normalized spacial score (nSPS) is 11.6. The molecule has 170 valence electrons. The molecule has 0 aliphatic rings. The summed E-state index contributed by atoms with van der Waals surface area (Å²) < 4.78 is 73.8. The number of rotatable bonds is 8. The third-order valence-electron chi connectivity index (χ3n) is 4.86. The van der Waals surface area contributed by atoms with E-state index in [1.54, 1.807) is 12.1 Å². The van der Waals surface area contributed by atoms with Crippen molar-refractivity contribution in [2.75, 3.05) is 0 Å². The predicted octanol–water partition coefficient (Wildman–Crippen LogP) is 6.87. The second-order valence-electron chi connectivity index (χ2n) is 7.03. The summed E-state index contributed by atoms with van der Waals surface area (Å²) in [6, 6.07) is 10.4. The Labute approximate surface area is 185 Å². The number of thiophene rings is 1. The fourth-order valence-electron chi connectivity index (χ4n) is 3.10. The maximum absolute atomic E-state index is 14.4. The molecule has 3 nitrogen and oxygen atoms in total. The monoisotopic (exact) mass is 470 g/mol. The summed E-state index contributed by atoms with van der Waals surface area (Å²) in [4.78, 5) is 10.0. The lowest BCUT2D eigenvalue weighted by atomic mass is 10.0. The molecule has 0 aliphatic heterocycles. The average molecular weight is 470 g/mol. The first-order valence-corrected chi connectivity index (χ1v) is 10.5. The summed E-state index contributed by atoms with van der Waals surface area (Å²) >= 11 is 0.484. The van der Waals surface area contributed by atoms with Crippen molar-refractivity contribution >= 4 is 17.3 Å². The van der Waals surface area contributed by atoms with E-state index in [0.29, 0.717) is 22.5 Å². The number of carbonyl (C=O) groups is 1. The zero-order valence-corrected chi connectivity index (χ0v) is 17.7. The zero-order valence-electron chi connectivity index (χ0n) is 16.9. The van der Waals surface area contributed by atoms with Crippen LogP contribution in [-0.4, -0.2) is 11.1 Å². The highest BCUT2D eigenvalue weighted by Crippen LogP contribution is 2.41. The van der Waals surface area contributed by atoms with Crippen LogP contribution < -0.4 is 4.74 Å². The Balaban J connectivity index is 1.87. The number of alkyl halides is 3. The summed E-state index contributed by atoms with van der Waals surface area (Å²) in [6.07, 6.45) is -4.34. The Morgan fingerprint density at radius 3 is 2.34 bits per heavy atom. The number of aliphatic carboxylic acids is 1. The molecule has 1 aromatic heterocycles. The number of hydrogen-bond acceptors (Lipinski definition) is 3. The molecule has 0 saturated heterocycles. The van der Waals surface area contributed by atoms with Gasteiger partial charge in [-0.3, -0.25) is 4.79 Å². The van der Waals surface area contributed by atoms with Gasteiger partial charge in [0.25, 0.3) is 0 Å². The van der Waals surface area contributed by atoms with Gasteiger partial charge >= 0.3 is 12.1 Å². The topological polar surface area (TPSA) is 46.5 Å². The Kier molecular flexibility index (Phi) is 7.18. The van der Waals surface area contributed by atoms with E-state index in [1.165, 1.54) is 6.07 Å². The van der Waals surface area contributed by atoms with Gasteiger partial charge in [-0.15, -0.1) is 11.3 Å². The minimum atomic E-state index is -4.55. The quantitative estimate of drug-likeness (QED) is 0.366. The lowest BCUT2D eigenvalue weighted by Gasteiger charge is -2.11. The van der Waals surface area contributed by atoms with Crippen molar-refractivity contribution < 1.29 is 36.6 Å². The van der Waals surface area contributed by atoms with Crippen molar-refractivity contribution in [2.24, 2.45) is 0 Å². The maximum Gasteiger partial charge on any atom is 0.425 e.